The van der Waals surface area contributed by atoms with Crippen LogP contribution in [0.2, 0.25) is 10.0 Å². The average molecular weight is 496 g/mol. The molecule has 1 saturated heterocycles. The summed E-state index contributed by atoms with van der Waals surface area (Å²) in [6, 6.07) is 5.38. The zero-order valence-corrected chi connectivity index (χ0v) is 18.6. The highest BCUT2D eigenvalue weighted by Crippen LogP contribution is 2.33. The van der Waals surface area contributed by atoms with Crippen molar-refractivity contribution in [3.8, 4) is 0 Å². The van der Waals surface area contributed by atoms with Crippen LogP contribution in [-0.4, -0.2) is 47.7 Å². The number of benzene rings is 1. The summed E-state index contributed by atoms with van der Waals surface area (Å²) in [5.74, 6) is 0.788. The van der Waals surface area contributed by atoms with Crippen LogP contribution in [0.15, 0.2) is 30.5 Å². The normalized spacial score (nSPS) is 14.8. The Morgan fingerprint density at radius 2 is 1.84 bits per heavy atom. The van der Waals surface area contributed by atoms with Crippen LogP contribution in [0.4, 0.5) is 23.4 Å². The number of rotatable bonds is 6. The standard InChI is InChI=1S/C20H19Cl2F4N3OS/c21-15-2-1-3-17(23)14(15)12-31-9-4-18(30)28-5-7-29(8-6-28)19-16(22)10-13(11-27-19)20(24,25)26/h1-3,10-11H,4-9,12H2. The number of hydrogen-bond donors (Lipinski definition) is 0. The third-order valence-electron chi connectivity index (χ3n) is 4.85. The molecule has 1 fully saturated rings. The van der Waals surface area contributed by atoms with E-state index in [1.807, 2.05) is 0 Å². The summed E-state index contributed by atoms with van der Waals surface area (Å²) in [6.07, 6.45) is -3.44. The van der Waals surface area contributed by atoms with Crippen molar-refractivity contribution < 1.29 is 22.4 Å². The molecule has 0 bridgehead atoms. The molecule has 0 spiro atoms. The van der Waals surface area contributed by atoms with Crippen molar-refractivity contribution in [3.05, 3.63) is 57.5 Å². The van der Waals surface area contributed by atoms with Crippen LogP contribution in [0.25, 0.3) is 0 Å². The molecule has 11 heteroatoms. The Labute approximate surface area is 191 Å². The molecule has 2 heterocycles. The predicted octanol–water partition coefficient (Wildman–Crippen LogP) is 5.52. The fourth-order valence-corrected chi connectivity index (χ4v) is 4.70. The van der Waals surface area contributed by atoms with E-state index in [4.69, 9.17) is 23.2 Å². The van der Waals surface area contributed by atoms with Crippen molar-refractivity contribution in [1.29, 1.82) is 0 Å². The van der Waals surface area contributed by atoms with E-state index in [9.17, 15) is 22.4 Å². The van der Waals surface area contributed by atoms with E-state index in [1.165, 1.54) is 17.8 Å². The molecule has 0 atom stereocenters. The molecule has 1 aliphatic rings. The number of nitrogens with zero attached hydrogens (tertiary/aromatic N) is 3. The molecule has 31 heavy (non-hydrogen) atoms. The molecule has 2 aromatic rings. The van der Waals surface area contributed by atoms with Gasteiger partial charge in [0.2, 0.25) is 5.91 Å². The molecule has 3 rings (SSSR count). The lowest BCUT2D eigenvalue weighted by Crippen LogP contribution is -2.49. The number of aromatic nitrogens is 1. The second-order valence-corrected chi connectivity index (χ2v) is 8.82. The summed E-state index contributed by atoms with van der Waals surface area (Å²) in [7, 11) is 0. The quantitative estimate of drug-likeness (QED) is 0.390. The summed E-state index contributed by atoms with van der Waals surface area (Å²) in [5, 5.41) is 0.295. The van der Waals surface area contributed by atoms with Gasteiger partial charge in [-0.15, -0.1) is 0 Å². The Morgan fingerprint density at radius 3 is 2.45 bits per heavy atom. The number of carbonyl (C=O) groups excluding carboxylic acids is 1. The Morgan fingerprint density at radius 1 is 1.13 bits per heavy atom. The molecular weight excluding hydrogens is 477 g/mol. The number of halogens is 6. The zero-order chi connectivity index (χ0) is 22.6. The Hall–Kier alpha value is -1.71. The van der Waals surface area contributed by atoms with Gasteiger partial charge in [0, 0.05) is 60.9 Å². The van der Waals surface area contributed by atoms with E-state index in [0.717, 1.165) is 12.3 Å². The summed E-state index contributed by atoms with van der Waals surface area (Å²) in [5.41, 5.74) is -0.472. The van der Waals surface area contributed by atoms with Gasteiger partial charge in [0.1, 0.15) is 11.6 Å². The summed E-state index contributed by atoms with van der Waals surface area (Å²) < 4.78 is 52.1. The number of thioether (sulfide) groups is 1. The number of pyridine rings is 1. The van der Waals surface area contributed by atoms with Crippen LogP contribution in [-0.2, 0) is 16.7 Å². The zero-order valence-electron chi connectivity index (χ0n) is 16.3. The largest absolute Gasteiger partial charge is 0.417 e. The first-order valence-corrected chi connectivity index (χ1v) is 11.3. The molecule has 168 valence electrons. The van der Waals surface area contributed by atoms with Gasteiger partial charge < -0.3 is 9.80 Å². The fraction of sp³-hybridized carbons (Fsp3) is 0.400. The van der Waals surface area contributed by atoms with Gasteiger partial charge >= 0.3 is 6.18 Å². The van der Waals surface area contributed by atoms with Gasteiger partial charge in [0.15, 0.2) is 0 Å². The van der Waals surface area contributed by atoms with Crippen molar-refractivity contribution in [2.75, 3.05) is 36.8 Å². The first kappa shape index (κ1) is 23.9. The maximum Gasteiger partial charge on any atom is 0.417 e. The smallest absolute Gasteiger partial charge is 0.352 e. The van der Waals surface area contributed by atoms with Crippen molar-refractivity contribution in [3.63, 3.8) is 0 Å². The monoisotopic (exact) mass is 495 g/mol. The minimum absolute atomic E-state index is 0.0294. The highest BCUT2D eigenvalue weighted by Gasteiger charge is 2.32. The molecule has 0 aliphatic carbocycles. The lowest BCUT2D eigenvalue weighted by atomic mass is 10.2. The number of carbonyl (C=O) groups is 1. The van der Waals surface area contributed by atoms with Crippen LogP contribution in [0, 0.1) is 5.82 Å². The Bertz CT molecular complexity index is 917. The number of hydrogen-bond acceptors (Lipinski definition) is 4. The van der Waals surface area contributed by atoms with Gasteiger partial charge in [-0.2, -0.15) is 24.9 Å². The minimum atomic E-state index is -4.50. The number of amides is 1. The molecular formula is C20H19Cl2F4N3OS. The molecule has 0 unspecified atom stereocenters. The van der Waals surface area contributed by atoms with Gasteiger partial charge in [0.25, 0.3) is 0 Å². The molecule has 1 aromatic carbocycles. The van der Waals surface area contributed by atoms with E-state index >= 15 is 0 Å². The fourth-order valence-electron chi connectivity index (χ4n) is 3.15. The maximum atomic E-state index is 13.8. The van der Waals surface area contributed by atoms with E-state index in [0.29, 0.717) is 54.7 Å². The molecule has 1 aromatic heterocycles. The topological polar surface area (TPSA) is 36.4 Å². The first-order valence-electron chi connectivity index (χ1n) is 9.43. The third-order valence-corrected chi connectivity index (χ3v) is 6.47. The summed E-state index contributed by atoms with van der Waals surface area (Å²) >= 11 is 13.4. The predicted molar refractivity (Wildman–Crippen MR) is 115 cm³/mol. The highest BCUT2D eigenvalue weighted by atomic mass is 35.5. The van der Waals surface area contributed by atoms with E-state index in [1.54, 1.807) is 21.9 Å². The summed E-state index contributed by atoms with van der Waals surface area (Å²) in [6.45, 7) is 1.67. The lowest BCUT2D eigenvalue weighted by Gasteiger charge is -2.36. The first-order chi connectivity index (χ1) is 14.7. The second-order valence-electron chi connectivity index (χ2n) is 6.90. The highest BCUT2D eigenvalue weighted by molar-refractivity contribution is 7.98. The van der Waals surface area contributed by atoms with Crippen molar-refractivity contribution in [2.45, 2.75) is 18.3 Å². The van der Waals surface area contributed by atoms with Gasteiger partial charge in [-0.25, -0.2) is 9.37 Å². The van der Waals surface area contributed by atoms with Crippen molar-refractivity contribution in [1.82, 2.24) is 9.88 Å². The van der Waals surface area contributed by atoms with Crippen LogP contribution in [0.3, 0.4) is 0 Å². The lowest BCUT2D eigenvalue weighted by molar-refractivity contribution is -0.137. The van der Waals surface area contributed by atoms with Gasteiger partial charge in [0.05, 0.1) is 10.6 Å². The van der Waals surface area contributed by atoms with E-state index < -0.39 is 11.7 Å². The molecule has 1 amide bonds. The molecule has 0 saturated carbocycles. The number of anilines is 1. The van der Waals surface area contributed by atoms with Gasteiger partial charge in [-0.1, -0.05) is 29.3 Å². The van der Waals surface area contributed by atoms with Crippen LogP contribution >= 0.6 is 35.0 Å². The second kappa shape index (κ2) is 10.3. The third kappa shape index (κ3) is 6.17. The number of piperazine rings is 1. The maximum absolute atomic E-state index is 13.8. The molecule has 0 N–H and O–H groups in total. The minimum Gasteiger partial charge on any atom is -0.352 e. The van der Waals surface area contributed by atoms with E-state index in [-0.39, 0.29) is 22.6 Å². The molecule has 0 radical (unpaired) electrons. The van der Waals surface area contributed by atoms with Crippen LogP contribution < -0.4 is 4.90 Å². The molecule has 1 aliphatic heterocycles. The average Bonchev–Trinajstić information content (AvgIpc) is 2.72. The van der Waals surface area contributed by atoms with Crippen LogP contribution in [0.5, 0.6) is 0 Å². The Kier molecular flexibility index (Phi) is 7.93. The molecule has 4 nitrogen and oxygen atoms in total. The van der Waals surface area contributed by atoms with Crippen LogP contribution in [0.1, 0.15) is 17.5 Å². The van der Waals surface area contributed by atoms with Gasteiger partial charge in [-0.05, 0) is 18.2 Å². The van der Waals surface area contributed by atoms with Gasteiger partial charge in [-0.3, -0.25) is 4.79 Å². The van der Waals surface area contributed by atoms with Crippen molar-refractivity contribution in [2.24, 2.45) is 0 Å². The number of alkyl halides is 3. The summed E-state index contributed by atoms with van der Waals surface area (Å²) in [4.78, 5) is 19.8. The SMILES string of the molecule is O=C(CCSCc1c(F)cccc1Cl)N1CCN(c2ncc(C(F)(F)F)cc2Cl)CC1. The van der Waals surface area contributed by atoms with Crippen molar-refractivity contribution >= 4 is 46.7 Å². The van der Waals surface area contributed by atoms with E-state index in [2.05, 4.69) is 4.98 Å². The Balaban J connectivity index is 1.46.